The van der Waals surface area contributed by atoms with Crippen LogP contribution in [0.5, 0.6) is 0 Å². The zero-order valence-corrected chi connectivity index (χ0v) is 14.1. The summed E-state index contributed by atoms with van der Waals surface area (Å²) in [6.07, 6.45) is 0. The van der Waals surface area contributed by atoms with Gasteiger partial charge in [-0.3, -0.25) is 0 Å². The molecule has 0 N–H and O–H groups in total. The Balaban J connectivity index is 0. The summed E-state index contributed by atoms with van der Waals surface area (Å²) in [7, 11) is 1.84. The summed E-state index contributed by atoms with van der Waals surface area (Å²) in [5.74, 6) is 0. The van der Waals surface area contributed by atoms with Gasteiger partial charge in [0, 0.05) is 0 Å². The maximum atomic E-state index is 5.41. The molecule has 1 aliphatic rings. The molecule has 0 spiro atoms. The predicted molar refractivity (Wildman–Crippen MR) is 51.9 cm³/mol. The summed E-state index contributed by atoms with van der Waals surface area (Å²) in [5.41, 5.74) is 4.78. The van der Waals surface area contributed by atoms with Gasteiger partial charge in [-0.2, -0.15) is 0 Å². The van der Waals surface area contributed by atoms with E-state index < -0.39 is 23.7 Å². The van der Waals surface area contributed by atoms with Gasteiger partial charge in [0.2, 0.25) is 0 Å². The molecular formula is C11H18Cl2OZr. The maximum Gasteiger partial charge on any atom is -1.00 e. The second kappa shape index (κ2) is 6.59. The summed E-state index contributed by atoms with van der Waals surface area (Å²) < 4.78 is 7.02. The molecule has 0 aromatic heterocycles. The minimum atomic E-state index is -0.756. The van der Waals surface area contributed by atoms with Crippen LogP contribution in [0.15, 0.2) is 20.0 Å². The van der Waals surface area contributed by atoms with Gasteiger partial charge < -0.3 is 24.8 Å². The average molecular weight is 328 g/mol. The summed E-state index contributed by atoms with van der Waals surface area (Å²) >= 11 is -0.756. The van der Waals surface area contributed by atoms with Crippen molar-refractivity contribution in [1.82, 2.24) is 0 Å². The monoisotopic (exact) mass is 326 g/mol. The molecule has 0 unspecified atom stereocenters. The molecule has 0 aromatic rings. The molecule has 1 aliphatic carbocycles. The van der Waals surface area contributed by atoms with Crippen molar-refractivity contribution in [3.8, 4) is 0 Å². The molecule has 0 bridgehead atoms. The van der Waals surface area contributed by atoms with Crippen molar-refractivity contribution in [3.05, 3.63) is 20.0 Å². The maximum absolute atomic E-state index is 5.41. The second-order valence-electron chi connectivity index (χ2n) is 4.18. The normalized spacial score (nSPS) is 18.3. The van der Waals surface area contributed by atoms with Crippen LogP contribution < -0.4 is 24.8 Å². The topological polar surface area (TPSA) is 9.23 Å². The molecule has 0 aliphatic heterocycles. The summed E-state index contributed by atoms with van der Waals surface area (Å²) in [4.78, 5) is 0. The number of hydrogen-bond acceptors (Lipinski definition) is 1. The third kappa shape index (κ3) is 3.19. The summed E-state index contributed by atoms with van der Waals surface area (Å²) in [6.45, 7) is 11.4. The largest absolute Gasteiger partial charge is 1.00 e. The molecule has 0 heterocycles. The first-order valence-electron chi connectivity index (χ1n) is 4.61. The van der Waals surface area contributed by atoms with Crippen LogP contribution in [0.25, 0.3) is 0 Å². The molecule has 0 radical (unpaired) electrons. The fraction of sp³-hybridized carbons (Fsp3) is 0.636. The first-order chi connectivity index (χ1) is 5.92. The fourth-order valence-corrected chi connectivity index (χ4v) is 4.33. The van der Waals surface area contributed by atoms with Crippen molar-refractivity contribution in [2.75, 3.05) is 7.11 Å². The molecule has 0 fully saturated rings. The van der Waals surface area contributed by atoms with Crippen LogP contribution in [-0.4, -0.2) is 7.11 Å². The summed E-state index contributed by atoms with van der Waals surface area (Å²) in [5, 5.41) is 0. The Bertz CT molecular complexity index is 293. The Morgan fingerprint density at radius 1 is 1.00 bits per heavy atom. The van der Waals surface area contributed by atoms with Gasteiger partial charge in [-0.05, 0) is 0 Å². The van der Waals surface area contributed by atoms with E-state index in [9.17, 15) is 0 Å². The molecule has 0 aromatic carbocycles. The van der Waals surface area contributed by atoms with Gasteiger partial charge in [0.15, 0.2) is 0 Å². The quantitative estimate of drug-likeness (QED) is 0.536. The molecule has 1 rings (SSSR count). The van der Waals surface area contributed by atoms with Gasteiger partial charge >= 0.3 is 93.6 Å². The van der Waals surface area contributed by atoms with Crippen LogP contribution in [0, 0.1) is 5.41 Å². The first-order valence-corrected chi connectivity index (χ1v) is 6.84. The zero-order valence-electron chi connectivity index (χ0n) is 10.2. The molecule has 0 atom stereocenters. The van der Waals surface area contributed by atoms with Crippen LogP contribution in [0.1, 0.15) is 34.6 Å². The minimum Gasteiger partial charge on any atom is -1.00 e. The molecule has 4 heteroatoms. The van der Waals surface area contributed by atoms with Crippen molar-refractivity contribution in [2.24, 2.45) is 5.41 Å². The number of hydrogen-bond donors (Lipinski definition) is 0. The smallest absolute Gasteiger partial charge is 1.00 e. The van der Waals surface area contributed by atoms with Crippen molar-refractivity contribution in [1.29, 1.82) is 0 Å². The average Bonchev–Trinajstić information content (AvgIpc) is 2.20. The van der Waals surface area contributed by atoms with Crippen LogP contribution in [-0.2, 0) is 26.5 Å². The number of halogens is 2. The molecular weight excluding hydrogens is 310 g/mol. The van der Waals surface area contributed by atoms with E-state index in [1.807, 2.05) is 7.11 Å². The van der Waals surface area contributed by atoms with E-state index in [-0.39, 0.29) is 30.2 Å². The van der Waals surface area contributed by atoms with Crippen molar-refractivity contribution in [3.63, 3.8) is 0 Å². The Labute approximate surface area is 118 Å². The van der Waals surface area contributed by atoms with E-state index in [1.165, 1.54) is 16.7 Å². The fourth-order valence-electron chi connectivity index (χ4n) is 1.90. The number of rotatable bonds is 2. The SMILES string of the molecule is C[O][Zr+2][C]1=C(C)C(C)=C(C)C1(C)C.[Cl-].[Cl-]. The van der Waals surface area contributed by atoms with Crippen molar-refractivity contribution < 1.29 is 51.3 Å². The van der Waals surface area contributed by atoms with E-state index >= 15 is 0 Å². The predicted octanol–water partition coefficient (Wildman–Crippen LogP) is -2.71. The molecule has 86 valence electrons. The second-order valence-corrected chi connectivity index (χ2v) is 6.92. The third-order valence-corrected chi connectivity index (χ3v) is 6.73. The minimum absolute atomic E-state index is 0. The third-order valence-electron chi connectivity index (χ3n) is 3.27. The molecule has 0 amide bonds. The standard InChI is InChI=1S/C10H15.CH3O.2ClH.Zr/c1-7-6-10(4,5)9(3)8(7)2;1-2;;;/h1-5H3;1H3;2*1H;/q;-1;;;+3/p-2. The van der Waals surface area contributed by atoms with Crippen LogP contribution in [0.3, 0.4) is 0 Å². The van der Waals surface area contributed by atoms with Gasteiger partial charge in [-0.15, -0.1) is 0 Å². The van der Waals surface area contributed by atoms with Gasteiger partial charge in [0.1, 0.15) is 0 Å². The molecule has 0 saturated carbocycles. The zero-order chi connectivity index (χ0) is 10.2. The van der Waals surface area contributed by atoms with Crippen LogP contribution in [0.4, 0.5) is 0 Å². The van der Waals surface area contributed by atoms with Gasteiger partial charge in [0.25, 0.3) is 0 Å². The van der Waals surface area contributed by atoms with Gasteiger partial charge in [-0.1, -0.05) is 0 Å². The Morgan fingerprint density at radius 2 is 1.47 bits per heavy atom. The first kappa shape index (κ1) is 18.3. The Morgan fingerprint density at radius 3 is 1.73 bits per heavy atom. The van der Waals surface area contributed by atoms with E-state index in [2.05, 4.69) is 34.6 Å². The Kier molecular flexibility index (Phi) is 8.03. The molecule has 15 heavy (non-hydrogen) atoms. The van der Waals surface area contributed by atoms with Crippen LogP contribution >= 0.6 is 0 Å². The molecule has 1 nitrogen and oxygen atoms in total. The van der Waals surface area contributed by atoms with Crippen LogP contribution in [0.2, 0.25) is 0 Å². The van der Waals surface area contributed by atoms with E-state index in [0.29, 0.717) is 0 Å². The van der Waals surface area contributed by atoms with Gasteiger partial charge in [0.05, 0.1) is 0 Å². The van der Waals surface area contributed by atoms with E-state index in [1.54, 1.807) is 3.28 Å². The molecule has 0 saturated heterocycles. The van der Waals surface area contributed by atoms with Gasteiger partial charge in [-0.25, -0.2) is 0 Å². The van der Waals surface area contributed by atoms with Crippen molar-refractivity contribution in [2.45, 2.75) is 34.6 Å². The summed E-state index contributed by atoms with van der Waals surface area (Å²) in [6, 6.07) is 0. The van der Waals surface area contributed by atoms with E-state index in [4.69, 9.17) is 2.81 Å². The van der Waals surface area contributed by atoms with Crippen molar-refractivity contribution >= 4 is 0 Å². The number of allylic oxidation sites excluding steroid dienone is 4. The Hall–Kier alpha value is 0.903. The van der Waals surface area contributed by atoms with E-state index in [0.717, 1.165) is 0 Å².